The molecular weight excluding hydrogens is 1420 g/mol. The van der Waals surface area contributed by atoms with Gasteiger partial charge in [-0.3, -0.25) is 33.6 Å². The van der Waals surface area contributed by atoms with Crippen LogP contribution in [-0.2, 0) is 60.0 Å². The third-order valence-corrected chi connectivity index (χ3v) is 18.7. The SMILES string of the molecule is C=C(CN1CCN(CC(=O)O)CCN(CC(=O)NC(CS(O)(O)O)C(=O)NC(CS(O)(O)O)C(=O)NCCNC(=O)CCCOc2cc(C)c(S(=O)(=O)NC(CNC(=O)c3cn(C)c4cc(CNc5ncc[nH]5)ccc4c3=O)C(=O)O)c(C)c2)CCN(CC(=O)O)CC1)[O][In]. The summed E-state index contributed by atoms with van der Waals surface area (Å²) < 4.78 is 102. The Kier molecular flexibility index (Phi) is 30.4. The van der Waals surface area contributed by atoms with Crippen molar-refractivity contribution in [2.75, 3.05) is 122 Å². The number of nitrogens with one attached hydrogen (secondary N) is 8. The maximum absolute atomic E-state index is 13.7. The molecular formula is C55H81InN14O22S3. The third kappa shape index (κ3) is 27.1. The van der Waals surface area contributed by atoms with Crippen LogP contribution in [0.1, 0.15) is 39.9 Å². The van der Waals surface area contributed by atoms with Crippen LogP contribution in [0.3, 0.4) is 0 Å². The fourth-order valence-corrected chi connectivity index (χ4v) is 13.1. The summed E-state index contributed by atoms with van der Waals surface area (Å²) in [5.74, 6) is -10.1. The van der Waals surface area contributed by atoms with Gasteiger partial charge in [0.1, 0.15) is 29.4 Å². The first-order valence-electron chi connectivity index (χ1n) is 29.2. The van der Waals surface area contributed by atoms with Crippen molar-refractivity contribution in [3.63, 3.8) is 0 Å². The van der Waals surface area contributed by atoms with Gasteiger partial charge in [-0.05, 0) is 61.2 Å². The summed E-state index contributed by atoms with van der Waals surface area (Å²) in [5.41, 5.74) is 0.675. The van der Waals surface area contributed by atoms with E-state index < -0.39 is 127 Å². The van der Waals surface area contributed by atoms with E-state index >= 15 is 0 Å². The van der Waals surface area contributed by atoms with Crippen LogP contribution in [0.25, 0.3) is 10.9 Å². The van der Waals surface area contributed by atoms with Crippen LogP contribution < -0.4 is 46.8 Å². The second-order valence-corrected chi connectivity index (χ2v) is 27.7. The first-order chi connectivity index (χ1) is 44.6. The number of nitrogens with zero attached hydrogens (tertiary/aromatic N) is 6. The molecule has 2 aromatic carbocycles. The Morgan fingerprint density at radius 2 is 1.26 bits per heavy atom. The number of fused-ring (bicyclic) bond motifs is 1. The Hall–Kier alpha value is -7.16. The Morgan fingerprint density at radius 3 is 1.79 bits per heavy atom. The predicted molar refractivity (Wildman–Crippen MR) is 347 cm³/mol. The number of pyridine rings is 1. The number of aromatic amines is 1. The minimum absolute atomic E-state index is 0.0362. The quantitative estimate of drug-likeness (QED) is 0.0183. The van der Waals surface area contributed by atoms with Crippen molar-refractivity contribution in [1.29, 1.82) is 0 Å². The number of aliphatic carboxylic acids is 3. The summed E-state index contributed by atoms with van der Waals surface area (Å²) in [6.45, 7) is 6.21. The number of carbonyl (C=O) groups is 8. The second kappa shape index (κ2) is 36.8. The molecule has 0 bridgehead atoms. The predicted octanol–water partition coefficient (Wildman–Crippen LogP) is -1.54. The van der Waals surface area contributed by atoms with Crippen LogP contribution in [0, 0.1) is 13.8 Å². The zero-order valence-corrected chi connectivity index (χ0v) is 58.0. The van der Waals surface area contributed by atoms with E-state index in [1.54, 1.807) is 52.0 Å². The van der Waals surface area contributed by atoms with Gasteiger partial charge in [0.25, 0.3) is 5.91 Å². The van der Waals surface area contributed by atoms with Gasteiger partial charge in [0.2, 0.25) is 33.2 Å². The fraction of sp³-hybridized carbons (Fsp3) is 0.491. The Balaban J connectivity index is 1.11. The number of benzene rings is 2. The molecule has 1 aliphatic heterocycles. The fourth-order valence-electron chi connectivity index (χ4n) is 9.91. The van der Waals surface area contributed by atoms with Gasteiger partial charge in [0.05, 0.1) is 50.3 Å². The number of anilines is 1. The average molecular weight is 1500 g/mol. The molecule has 524 valence electrons. The number of aromatic nitrogens is 3. The normalized spacial score (nSPS) is 15.5. The number of hydrogen-bond acceptors (Lipinski definition) is 25. The van der Waals surface area contributed by atoms with Crippen molar-refractivity contribution < 1.29 is 97.0 Å². The van der Waals surface area contributed by atoms with Gasteiger partial charge in [-0.2, -0.15) is 4.72 Å². The van der Waals surface area contributed by atoms with Gasteiger partial charge >= 0.3 is 182 Å². The van der Waals surface area contributed by atoms with E-state index in [4.69, 9.17) is 7.59 Å². The molecule has 4 aromatic rings. The summed E-state index contributed by atoms with van der Waals surface area (Å²) in [5, 5.41) is 44.2. The molecule has 0 saturated carbocycles. The van der Waals surface area contributed by atoms with E-state index in [0.29, 0.717) is 68.2 Å². The summed E-state index contributed by atoms with van der Waals surface area (Å²) in [7, 11) is -12.1. The summed E-state index contributed by atoms with van der Waals surface area (Å²) in [6, 6.07) is 1.88. The van der Waals surface area contributed by atoms with Crippen molar-refractivity contribution in [2.45, 2.75) is 56.3 Å². The Labute approximate surface area is 564 Å². The van der Waals surface area contributed by atoms with E-state index in [0.717, 1.165) is 5.56 Å². The number of carboxylic acids is 3. The molecule has 36 nitrogen and oxygen atoms in total. The third-order valence-electron chi connectivity index (χ3n) is 14.4. The number of hydrogen-bond donors (Lipinski definition) is 17. The molecule has 3 unspecified atom stereocenters. The zero-order valence-electron chi connectivity index (χ0n) is 52.2. The van der Waals surface area contributed by atoms with Crippen molar-refractivity contribution in [2.24, 2.45) is 7.05 Å². The molecule has 5 amide bonds. The van der Waals surface area contributed by atoms with Crippen molar-refractivity contribution in [1.82, 2.24) is 65.4 Å². The first-order valence-corrected chi connectivity index (χ1v) is 35.4. The summed E-state index contributed by atoms with van der Waals surface area (Å²) in [6.07, 6.45) is 4.51. The molecule has 2 radical (unpaired) electrons. The van der Waals surface area contributed by atoms with Crippen LogP contribution in [0.2, 0.25) is 0 Å². The van der Waals surface area contributed by atoms with Gasteiger partial charge in [0, 0.05) is 63.6 Å². The molecule has 1 fully saturated rings. The molecule has 3 atom stereocenters. The number of carbonyl (C=O) groups excluding carboxylic acids is 5. The molecule has 0 aliphatic carbocycles. The summed E-state index contributed by atoms with van der Waals surface area (Å²) in [4.78, 5) is 130. The van der Waals surface area contributed by atoms with Crippen molar-refractivity contribution >= 4 is 121 Å². The number of ether oxygens (including phenoxy) is 1. The van der Waals surface area contributed by atoms with E-state index in [9.17, 15) is 94.2 Å². The topological polar surface area (TPSA) is 519 Å². The number of H-pyrrole nitrogens is 1. The standard InChI is InChI=1S/C55H82N14O22S3.In/c1-34-22-38(23-35(2)50(34)94(89,90)64-41(54(81)82)26-60-51(78)40-28-65(4)44-24-37(7-8-39(44)49(40)77)25-61-55-58-11-12-59-55)91-21-5-6-45(71)56-9-10-57-52(79)42(32-92(83,84)85)63-53(80)43(33-93(86,87)88)62-46(72)29-67-15-19-68(30-47(73)74)17-13-66(27-36(3)70)14-18-69(20-16-67)31-48(75)76;/h7-8,11-12,22-24,28,41-43,64,70,83-88H,3,5-6,9-10,13-21,25-27,29-33H2,1-2,4H3,(H,56,71)(H,57,79)(H,60,78)(H,62,72)(H,63,80)(H,73,74)(H,75,76)(H,81,82)(H2,58,59,61);/q;+1/p-1. The van der Waals surface area contributed by atoms with Gasteiger partial charge in [-0.15, -0.1) is 0 Å². The van der Waals surface area contributed by atoms with Crippen LogP contribution in [0.15, 0.2) is 71.0 Å². The van der Waals surface area contributed by atoms with Crippen LogP contribution in [0.5, 0.6) is 5.75 Å². The van der Waals surface area contributed by atoms with Crippen LogP contribution in [0.4, 0.5) is 5.95 Å². The summed E-state index contributed by atoms with van der Waals surface area (Å²) >= 11 is 0.454. The Bertz CT molecular complexity index is 3490. The molecule has 1 aliphatic rings. The van der Waals surface area contributed by atoms with E-state index in [1.807, 2.05) is 4.90 Å². The second-order valence-electron chi connectivity index (χ2n) is 22.2. The molecule has 40 heteroatoms. The first kappa shape index (κ1) is 78.5. The molecule has 3 heterocycles. The van der Waals surface area contributed by atoms with Gasteiger partial charge in [-0.1, -0.05) is 6.07 Å². The van der Waals surface area contributed by atoms with E-state index in [-0.39, 0.29) is 118 Å². The maximum atomic E-state index is 13.7. The number of imidazole rings is 1. The number of aryl methyl sites for hydroxylation is 3. The molecule has 17 N–H and O–H groups in total. The molecule has 2 aromatic heterocycles. The van der Waals surface area contributed by atoms with Gasteiger partial charge < -0.3 is 78.6 Å². The minimum atomic E-state index is -4.58. The van der Waals surface area contributed by atoms with Crippen LogP contribution in [-0.4, -0.2) is 292 Å². The molecule has 5 rings (SSSR count). The van der Waals surface area contributed by atoms with Gasteiger partial charge in [0.15, 0.2) is 5.95 Å². The Morgan fingerprint density at radius 1 is 0.716 bits per heavy atom. The average Bonchev–Trinajstić information content (AvgIpc) is 0.877. The van der Waals surface area contributed by atoms with Crippen LogP contribution >= 0.6 is 21.7 Å². The molecule has 0 spiro atoms. The number of rotatable bonds is 35. The molecule has 1 saturated heterocycles. The van der Waals surface area contributed by atoms with Crippen molar-refractivity contribution in [3.05, 3.63) is 93.7 Å². The monoisotopic (exact) mass is 1500 g/mol. The number of carboxylic acid groups (broad SMARTS) is 3. The number of sulfonamides is 1. The van der Waals surface area contributed by atoms with E-state index in [2.05, 4.69) is 53.2 Å². The number of amides is 5. The van der Waals surface area contributed by atoms with Gasteiger partial charge in [-0.25, -0.2) is 13.4 Å². The van der Waals surface area contributed by atoms with E-state index in [1.165, 1.54) is 37.1 Å². The molecule has 95 heavy (non-hydrogen) atoms. The zero-order chi connectivity index (χ0) is 70.4. The van der Waals surface area contributed by atoms with Crippen molar-refractivity contribution in [3.8, 4) is 5.75 Å².